The third-order valence-corrected chi connectivity index (χ3v) is 3.34. The molecule has 0 spiro atoms. The number of piperidine rings is 1. The van der Waals surface area contributed by atoms with Crippen LogP contribution in [0.3, 0.4) is 0 Å². The van der Waals surface area contributed by atoms with Crippen LogP contribution in [-0.2, 0) is 0 Å². The van der Waals surface area contributed by atoms with Gasteiger partial charge in [0.2, 0.25) is 0 Å². The van der Waals surface area contributed by atoms with Crippen molar-refractivity contribution in [2.75, 3.05) is 25.4 Å². The summed E-state index contributed by atoms with van der Waals surface area (Å²) in [4.78, 5) is 2.64. The fourth-order valence-electron chi connectivity index (χ4n) is 2.11. The van der Waals surface area contributed by atoms with Gasteiger partial charge in [0, 0.05) is 6.54 Å². The molecule has 0 aromatic carbocycles. The Kier molecular flexibility index (Phi) is 5.88. The third-order valence-electron chi connectivity index (χ3n) is 3.08. The summed E-state index contributed by atoms with van der Waals surface area (Å²) >= 11 is 4.31. The second-order valence-corrected chi connectivity index (χ2v) is 4.60. The molecule has 2 heteroatoms. The van der Waals surface area contributed by atoms with E-state index < -0.39 is 0 Å². The van der Waals surface area contributed by atoms with Gasteiger partial charge < -0.3 is 4.90 Å². The molecule has 13 heavy (non-hydrogen) atoms. The van der Waals surface area contributed by atoms with E-state index in [2.05, 4.69) is 24.5 Å². The van der Waals surface area contributed by atoms with E-state index in [0.29, 0.717) is 0 Å². The Labute approximate surface area is 88.3 Å². The van der Waals surface area contributed by atoms with Crippen molar-refractivity contribution in [1.82, 2.24) is 4.90 Å². The summed E-state index contributed by atoms with van der Waals surface area (Å²) < 4.78 is 0. The molecule has 1 saturated heterocycles. The van der Waals surface area contributed by atoms with Crippen LogP contribution in [0.4, 0.5) is 0 Å². The van der Waals surface area contributed by atoms with E-state index in [1.54, 1.807) is 0 Å². The average Bonchev–Trinajstić information content (AvgIpc) is 2.19. The van der Waals surface area contributed by atoms with Crippen molar-refractivity contribution in [3.8, 4) is 0 Å². The molecule has 1 aliphatic rings. The molecule has 0 N–H and O–H groups in total. The smallest absolute Gasteiger partial charge is 0.000985 e. The van der Waals surface area contributed by atoms with Crippen molar-refractivity contribution in [2.24, 2.45) is 5.92 Å². The predicted molar refractivity (Wildman–Crippen MR) is 62.5 cm³/mol. The zero-order valence-electron chi connectivity index (χ0n) is 8.84. The second kappa shape index (κ2) is 6.72. The lowest BCUT2D eigenvalue weighted by Gasteiger charge is -2.29. The minimum absolute atomic E-state index is 0.885. The first-order chi connectivity index (χ1) is 6.36. The normalized spacial score (nSPS) is 21.7. The largest absolute Gasteiger partial charge is 0.303 e. The van der Waals surface area contributed by atoms with E-state index >= 15 is 0 Å². The summed E-state index contributed by atoms with van der Waals surface area (Å²) in [6.45, 7) is 6.29. The maximum atomic E-state index is 4.31. The van der Waals surface area contributed by atoms with E-state index in [9.17, 15) is 0 Å². The van der Waals surface area contributed by atoms with Crippen molar-refractivity contribution in [1.29, 1.82) is 0 Å². The number of hydrogen-bond acceptors (Lipinski definition) is 2. The summed E-state index contributed by atoms with van der Waals surface area (Å²) in [5.41, 5.74) is 0. The van der Waals surface area contributed by atoms with Gasteiger partial charge in [-0.3, -0.25) is 0 Å². The highest BCUT2D eigenvalue weighted by molar-refractivity contribution is 7.80. The zero-order valence-corrected chi connectivity index (χ0v) is 9.73. The minimum Gasteiger partial charge on any atom is -0.303 e. The molecule has 0 aliphatic carbocycles. The van der Waals surface area contributed by atoms with Gasteiger partial charge in [-0.1, -0.05) is 19.8 Å². The lowest BCUT2D eigenvalue weighted by molar-refractivity contribution is 0.191. The molecule has 78 valence electrons. The highest BCUT2D eigenvalue weighted by Gasteiger charge is 2.14. The van der Waals surface area contributed by atoms with Crippen LogP contribution in [-0.4, -0.2) is 30.3 Å². The van der Waals surface area contributed by atoms with Crippen LogP contribution in [0.5, 0.6) is 0 Å². The van der Waals surface area contributed by atoms with Crippen LogP contribution >= 0.6 is 12.6 Å². The SMILES string of the molecule is CCC(CCS)CN1CCCCC1. The Morgan fingerprint density at radius 2 is 1.92 bits per heavy atom. The van der Waals surface area contributed by atoms with E-state index in [0.717, 1.165) is 11.7 Å². The number of likely N-dealkylation sites (tertiary alicyclic amines) is 1. The number of nitrogens with zero attached hydrogens (tertiary/aromatic N) is 1. The summed E-state index contributed by atoms with van der Waals surface area (Å²) in [6, 6.07) is 0. The molecule has 0 aromatic rings. The monoisotopic (exact) mass is 201 g/mol. The van der Waals surface area contributed by atoms with Gasteiger partial charge in [0.1, 0.15) is 0 Å². The van der Waals surface area contributed by atoms with Gasteiger partial charge in [0.25, 0.3) is 0 Å². The molecule has 0 amide bonds. The van der Waals surface area contributed by atoms with Crippen molar-refractivity contribution < 1.29 is 0 Å². The average molecular weight is 201 g/mol. The van der Waals surface area contributed by atoms with Crippen molar-refractivity contribution in [3.63, 3.8) is 0 Å². The molecule has 1 heterocycles. The molecular formula is C11H23NS. The molecule has 0 radical (unpaired) electrons. The molecule has 1 rings (SSSR count). The summed E-state index contributed by atoms with van der Waals surface area (Å²) in [6.07, 6.45) is 6.88. The zero-order chi connectivity index (χ0) is 9.52. The summed E-state index contributed by atoms with van der Waals surface area (Å²) in [7, 11) is 0. The van der Waals surface area contributed by atoms with Crippen LogP contribution in [0.15, 0.2) is 0 Å². The van der Waals surface area contributed by atoms with Crippen LogP contribution in [0.1, 0.15) is 39.0 Å². The summed E-state index contributed by atoms with van der Waals surface area (Å²) in [5, 5.41) is 0. The van der Waals surface area contributed by atoms with Gasteiger partial charge in [-0.25, -0.2) is 0 Å². The quantitative estimate of drug-likeness (QED) is 0.669. The van der Waals surface area contributed by atoms with Gasteiger partial charge in [-0.05, 0) is 44.0 Å². The maximum Gasteiger partial charge on any atom is 0.000985 e. The molecule has 0 bridgehead atoms. The van der Waals surface area contributed by atoms with Crippen molar-refractivity contribution >= 4 is 12.6 Å². The fraction of sp³-hybridized carbons (Fsp3) is 1.00. The standard InChI is InChI=1S/C11H23NS/c1-2-11(6-9-13)10-12-7-4-3-5-8-12/h11,13H,2-10H2,1H3. The first-order valence-corrected chi connectivity index (χ1v) is 6.33. The van der Waals surface area contributed by atoms with Gasteiger partial charge >= 0.3 is 0 Å². The Morgan fingerprint density at radius 3 is 2.46 bits per heavy atom. The molecule has 1 fully saturated rings. The topological polar surface area (TPSA) is 3.24 Å². The maximum absolute atomic E-state index is 4.31. The van der Waals surface area contributed by atoms with Gasteiger partial charge in [-0.2, -0.15) is 12.6 Å². The molecule has 0 aromatic heterocycles. The van der Waals surface area contributed by atoms with Crippen LogP contribution < -0.4 is 0 Å². The highest BCUT2D eigenvalue weighted by atomic mass is 32.1. The molecule has 1 unspecified atom stereocenters. The molecule has 1 nitrogen and oxygen atoms in total. The molecular weight excluding hydrogens is 178 g/mol. The molecule has 1 aliphatic heterocycles. The first kappa shape index (κ1) is 11.4. The Bertz CT molecular complexity index is 119. The lowest BCUT2D eigenvalue weighted by atomic mass is 10.0. The van der Waals surface area contributed by atoms with E-state index in [-0.39, 0.29) is 0 Å². The van der Waals surface area contributed by atoms with Crippen molar-refractivity contribution in [2.45, 2.75) is 39.0 Å². The Morgan fingerprint density at radius 1 is 1.23 bits per heavy atom. The lowest BCUT2D eigenvalue weighted by Crippen LogP contribution is -2.34. The van der Waals surface area contributed by atoms with Crippen molar-refractivity contribution in [3.05, 3.63) is 0 Å². The molecule has 1 atom stereocenters. The van der Waals surface area contributed by atoms with Gasteiger partial charge in [0.15, 0.2) is 0 Å². The Hall–Kier alpha value is 0.310. The van der Waals surface area contributed by atoms with Gasteiger partial charge in [-0.15, -0.1) is 0 Å². The van der Waals surface area contributed by atoms with Crippen LogP contribution in [0.2, 0.25) is 0 Å². The second-order valence-electron chi connectivity index (χ2n) is 4.15. The van der Waals surface area contributed by atoms with E-state index in [4.69, 9.17) is 0 Å². The predicted octanol–water partition coefficient (Wildman–Crippen LogP) is 2.82. The Balaban J connectivity index is 2.18. The van der Waals surface area contributed by atoms with E-state index in [1.807, 2.05) is 0 Å². The summed E-state index contributed by atoms with van der Waals surface area (Å²) in [5.74, 6) is 1.93. The van der Waals surface area contributed by atoms with Gasteiger partial charge in [0.05, 0.1) is 0 Å². The first-order valence-electron chi connectivity index (χ1n) is 5.70. The molecule has 0 saturated carbocycles. The number of hydrogen-bond donors (Lipinski definition) is 1. The number of rotatable bonds is 5. The van der Waals surface area contributed by atoms with Crippen LogP contribution in [0.25, 0.3) is 0 Å². The van der Waals surface area contributed by atoms with E-state index in [1.165, 1.54) is 51.7 Å². The van der Waals surface area contributed by atoms with Crippen LogP contribution in [0, 0.1) is 5.92 Å². The third kappa shape index (κ3) is 4.37. The number of thiol groups is 1. The minimum atomic E-state index is 0.885. The highest BCUT2D eigenvalue weighted by Crippen LogP contribution is 2.15. The fourth-order valence-corrected chi connectivity index (χ4v) is 2.48.